The second-order valence-electron chi connectivity index (χ2n) is 4.02. The van der Waals surface area contributed by atoms with E-state index in [1.54, 1.807) is 13.2 Å². The van der Waals surface area contributed by atoms with Gasteiger partial charge in [-0.15, -0.1) is 0 Å². The van der Waals surface area contributed by atoms with E-state index < -0.39 is 0 Å². The van der Waals surface area contributed by atoms with Gasteiger partial charge in [0.25, 0.3) is 5.91 Å². The predicted octanol–water partition coefficient (Wildman–Crippen LogP) is 1.16. The number of hydrogen-bond acceptors (Lipinski definition) is 6. The van der Waals surface area contributed by atoms with Crippen LogP contribution in [0.3, 0.4) is 0 Å². The molecule has 0 aliphatic rings. The van der Waals surface area contributed by atoms with Crippen LogP contribution < -0.4 is 16.6 Å². The van der Waals surface area contributed by atoms with Crippen LogP contribution in [0, 0.1) is 0 Å². The summed E-state index contributed by atoms with van der Waals surface area (Å²) >= 11 is 0. The summed E-state index contributed by atoms with van der Waals surface area (Å²) in [7, 11) is 1.62. The first kappa shape index (κ1) is 13.9. The van der Waals surface area contributed by atoms with Crippen molar-refractivity contribution < 1.29 is 9.53 Å². The number of nitrogen functional groups attached to an aromatic ring is 1. The van der Waals surface area contributed by atoms with Gasteiger partial charge in [-0.2, -0.15) is 0 Å². The zero-order valence-corrected chi connectivity index (χ0v) is 11.0. The molecule has 7 heteroatoms. The van der Waals surface area contributed by atoms with Crippen LogP contribution in [0.15, 0.2) is 36.7 Å². The lowest BCUT2D eigenvalue weighted by molar-refractivity contribution is 0.102. The van der Waals surface area contributed by atoms with Crippen molar-refractivity contribution in [2.45, 2.75) is 6.61 Å². The Bertz CT molecular complexity index is 603. The van der Waals surface area contributed by atoms with E-state index in [1.807, 2.05) is 18.2 Å². The van der Waals surface area contributed by atoms with Gasteiger partial charge in [0.1, 0.15) is 5.69 Å². The highest BCUT2D eigenvalue weighted by atomic mass is 16.5. The molecule has 1 amide bonds. The number of carbonyl (C=O) groups is 1. The molecule has 0 saturated heterocycles. The number of nitrogens with one attached hydrogen (secondary N) is 2. The average Bonchev–Trinajstić information content (AvgIpc) is 2.48. The Hall–Kier alpha value is -2.51. The lowest BCUT2D eigenvalue weighted by Gasteiger charge is -2.07. The third-order valence-electron chi connectivity index (χ3n) is 2.51. The van der Waals surface area contributed by atoms with Gasteiger partial charge in [0.2, 0.25) is 0 Å². The largest absolute Gasteiger partial charge is 0.380 e. The number of benzene rings is 1. The molecule has 0 saturated carbocycles. The molecule has 1 aromatic carbocycles. The van der Waals surface area contributed by atoms with Crippen molar-refractivity contribution in [3.8, 4) is 0 Å². The summed E-state index contributed by atoms with van der Waals surface area (Å²) in [6, 6.07) is 7.38. The number of amides is 1. The molecular formula is C13H15N5O2. The molecule has 0 bridgehead atoms. The van der Waals surface area contributed by atoms with Gasteiger partial charge in [0, 0.05) is 12.8 Å². The Morgan fingerprint density at radius 2 is 2.25 bits per heavy atom. The maximum Gasteiger partial charge on any atom is 0.275 e. The maximum atomic E-state index is 12.0. The fraction of sp³-hybridized carbons (Fsp3) is 0.154. The molecule has 2 rings (SSSR count). The lowest BCUT2D eigenvalue weighted by Crippen LogP contribution is -2.16. The molecule has 0 unspecified atom stereocenters. The van der Waals surface area contributed by atoms with Crippen molar-refractivity contribution in [2.75, 3.05) is 17.9 Å². The topological polar surface area (TPSA) is 102 Å². The van der Waals surface area contributed by atoms with E-state index in [4.69, 9.17) is 10.6 Å². The van der Waals surface area contributed by atoms with Crippen LogP contribution in [0.25, 0.3) is 0 Å². The Labute approximate surface area is 116 Å². The maximum absolute atomic E-state index is 12.0. The molecular weight excluding hydrogens is 258 g/mol. The molecule has 0 radical (unpaired) electrons. The van der Waals surface area contributed by atoms with Crippen LogP contribution in [-0.2, 0) is 11.3 Å². The SMILES string of the molecule is COCc1cccc(NC(=O)c2cncc(NN)n2)c1. The first-order chi connectivity index (χ1) is 9.72. The third-order valence-corrected chi connectivity index (χ3v) is 2.51. The second kappa shape index (κ2) is 6.60. The molecule has 1 heterocycles. The molecule has 0 fully saturated rings. The summed E-state index contributed by atoms with van der Waals surface area (Å²) in [5, 5.41) is 2.74. The quantitative estimate of drug-likeness (QED) is 0.558. The van der Waals surface area contributed by atoms with Crippen molar-refractivity contribution in [1.82, 2.24) is 9.97 Å². The summed E-state index contributed by atoms with van der Waals surface area (Å²) in [4.78, 5) is 19.9. The Kier molecular flexibility index (Phi) is 4.59. The number of rotatable bonds is 5. The minimum absolute atomic E-state index is 0.178. The summed E-state index contributed by atoms with van der Waals surface area (Å²) in [6.07, 6.45) is 2.80. The van der Waals surface area contributed by atoms with Gasteiger partial charge in [-0.05, 0) is 17.7 Å². The smallest absolute Gasteiger partial charge is 0.275 e. The average molecular weight is 273 g/mol. The van der Waals surface area contributed by atoms with Crippen molar-refractivity contribution in [2.24, 2.45) is 5.84 Å². The second-order valence-corrected chi connectivity index (χ2v) is 4.02. The molecule has 0 aliphatic heterocycles. The van der Waals surface area contributed by atoms with Gasteiger partial charge < -0.3 is 15.5 Å². The first-order valence-corrected chi connectivity index (χ1v) is 5.91. The van der Waals surface area contributed by atoms with Crippen molar-refractivity contribution in [3.63, 3.8) is 0 Å². The Morgan fingerprint density at radius 1 is 1.40 bits per heavy atom. The van der Waals surface area contributed by atoms with E-state index in [-0.39, 0.29) is 11.6 Å². The highest BCUT2D eigenvalue weighted by molar-refractivity contribution is 6.02. The Balaban J connectivity index is 2.12. The van der Waals surface area contributed by atoms with Crippen molar-refractivity contribution >= 4 is 17.4 Å². The van der Waals surface area contributed by atoms with Gasteiger partial charge in [0.15, 0.2) is 5.82 Å². The van der Waals surface area contributed by atoms with E-state index in [2.05, 4.69) is 20.7 Å². The number of aromatic nitrogens is 2. The van der Waals surface area contributed by atoms with Gasteiger partial charge >= 0.3 is 0 Å². The number of hydrazine groups is 1. The van der Waals surface area contributed by atoms with Crippen LogP contribution in [0.5, 0.6) is 0 Å². The first-order valence-electron chi connectivity index (χ1n) is 5.91. The lowest BCUT2D eigenvalue weighted by atomic mass is 10.2. The Morgan fingerprint density at radius 3 is 3.00 bits per heavy atom. The van der Waals surface area contributed by atoms with Crippen LogP contribution >= 0.6 is 0 Å². The minimum atomic E-state index is -0.357. The van der Waals surface area contributed by atoms with E-state index in [0.29, 0.717) is 18.1 Å². The van der Waals surface area contributed by atoms with E-state index in [9.17, 15) is 4.79 Å². The van der Waals surface area contributed by atoms with Gasteiger partial charge in [-0.1, -0.05) is 12.1 Å². The van der Waals surface area contributed by atoms with Crippen LogP contribution in [0.2, 0.25) is 0 Å². The minimum Gasteiger partial charge on any atom is -0.380 e. The monoisotopic (exact) mass is 273 g/mol. The third kappa shape index (κ3) is 3.50. The molecule has 20 heavy (non-hydrogen) atoms. The van der Waals surface area contributed by atoms with Crippen molar-refractivity contribution in [1.29, 1.82) is 0 Å². The number of anilines is 2. The summed E-state index contributed by atoms with van der Waals surface area (Å²) in [5.74, 6) is 5.19. The number of hydrogen-bond donors (Lipinski definition) is 3. The fourth-order valence-corrected chi connectivity index (χ4v) is 1.65. The molecule has 2 aromatic rings. The molecule has 4 N–H and O–H groups in total. The van der Waals surface area contributed by atoms with E-state index in [0.717, 1.165) is 5.56 Å². The number of ether oxygens (including phenoxy) is 1. The zero-order valence-electron chi connectivity index (χ0n) is 11.0. The van der Waals surface area contributed by atoms with Crippen LogP contribution in [0.4, 0.5) is 11.5 Å². The van der Waals surface area contributed by atoms with E-state index in [1.165, 1.54) is 12.4 Å². The molecule has 104 valence electrons. The summed E-state index contributed by atoms with van der Waals surface area (Å²) < 4.78 is 5.05. The number of carbonyl (C=O) groups excluding carboxylic acids is 1. The van der Waals surface area contributed by atoms with Crippen molar-refractivity contribution in [3.05, 3.63) is 47.9 Å². The molecule has 0 atom stereocenters. The highest BCUT2D eigenvalue weighted by Crippen LogP contribution is 2.12. The standard InChI is InChI=1S/C13H15N5O2/c1-20-8-9-3-2-4-10(5-9)16-13(19)11-6-15-7-12(17-11)18-14/h2-7H,8,14H2,1H3,(H,16,19)(H,17,18). The van der Waals surface area contributed by atoms with Crippen LogP contribution in [-0.4, -0.2) is 23.0 Å². The number of methoxy groups -OCH3 is 1. The normalized spacial score (nSPS) is 10.1. The molecule has 0 spiro atoms. The number of nitrogens with zero attached hydrogens (tertiary/aromatic N) is 2. The van der Waals surface area contributed by atoms with Gasteiger partial charge in [-0.25, -0.2) is 10.8 Å². The molecule has 1 aromatic heterocycles. The molecule has 7 nitrogen and oxygen atoms in total. The number of nitrogens with two attached hydrogens (primary N) is 1. The fourth-order valence-electron chi connectivity index (χ4n) is 1.65. The zero-order chi connectivity index (χ0) is 14.4. The molecule has 0 aliphatic carbocycles. The summed E-state index contributed by atoms with van der Waals surface area (Å²) in [5.41, 5.74) is 4.15. The highest BCUT2D eigenvalue weighted by Gasteiger charge is 2.09. The van der Waals surface area contributed by atoms with Gasteiger partial charge in [-0.3, -0.25) is 9.78 Å². The summed E-state index contributed by atoms with van der Waals surface area (Å²) in [6.45, 7) is 0.482. The predicted molar refractivity (Wildman–Crippen MR) is 75.0 cm³/mol. The van der Waals surface area contributed by atoms with Crippen LogP contribution in [0.1, 0.15) is 16.1 Å². The van der Waals surface area contributed by atoms with Gasteiger partial charge in [0.05, 0.1) is 19.0 Å². The van der Waals surface area contributed by atoms with E-state index >= 15 is 0 Å².